The van der Waals surface area contributed by atoms with E-state index in [-0.39, 0.29) is 17.7 Å². The lowest BCUT2D eigenvalue weighted by Gasteiger charge is -2.32. The number of aryl methyl sites for hydroxylation is 2. The van der Waals surface area contributed by atoms with Crippen LogP contribution in [0.25, 0.3) is 0 Å². The van der Waals surface area contributed by atoms with E-state index in [2.05, 4.69) is 34.9 Å². The van der Waals surface area contributed by atoms with Gasteiger partial charge >= 0.3 is 0 Å². The van der Waals surface area contributed by atoms with Gasteiger partial charge in [0.15, 0.2) is 0 Å². The number of nitrogens with one attached hydrogen (secondary N) is 2. The number of rotatable bonds is 4. The van der Waals surface area contributed by atoms with Gasteiger partial charge in [0, 0.05) is 38.3 Å². The van der Waals surface area contributed by atoms with E-state index in [1.54, 1.807) is 0 Å². The molecule has 5 nitrogen and oxygen atoms in total. The summed E-state index contributed by atoms with van der Waals surface area (Å²) in [5.74, 6) is -0.0725. The lowest BCUT2D eigenvalue weighted by Crippen LogP contribution is -2.45. The molecular formula is C24H29N3O2. The quantitative estimate of drug-likeness (QED) is 0.842. The molecule has 29 heavy (non-hydrogen) atoms. The van der Waals surface area contributed by atoms with Crippen LogP contribution in [0.15, 0.2) is 36.4 Å². The van der Waals surface area contributed by atoms with Gasteiger partial charge in [-0.3, -0.25) is 9.59 Å². The van der Waals surface area contributed by atoms with E-state index in [1.165, 1.54) is 11.1 Å². The number of piperidine rings is 1. The summed E-state index contributed by atoms with van der Waals surface area (Å²) >= 11 is 0. The van der Waals surface area contributed by atoms with Crippen LogP contribution in [-0.4, -0.2) is 29.8 Å². The summed E-state index contributed by atoms with van der Waals surface area (Å²) in [5.41, 5.74) is 6.68. The maximum Gasteiger partial charge on any atom is 0.253 e. The fraction of sp³-hybridized carbons (Fsp3) is 0.417. The van der Waals surface area contributed by atoms with Crippen molar-refractivity contribution in [2.75, 3.05) is 13.1 Å². The van der Waals surface area contributed by atoms with Crippen LogP contribution in [0.4, 0.5) is 0 Å². The van der Waals surface area contributed by atoms with Crippen molar-refractivity contribution in [3.05, 3.63) is 69.8 Å². The second-order valence-electron chi connectivity index (χ2n) is 8.39. The lowest BCUT2D eigenvalue weighted by atomic mass is 9.96. The number of hydrogen-bond acceptors (Lipinski definition) is 3. The molecule has 2 aromatic rings. The molecule has 2 aromatic carbocycles. The van der Waals surface area contributed by atoms with E-state index >= 15 is 0 Å². The molecule has 5 heteroatoms. The first-order valence-corrected chi connectivity index (χ1v) is 10.5. The number of fused-ring (bicyclic) bond motifs is 1. The van der Waals surface area contributed by atoms with Gasteiger partial charge in [0.2, 0.25) is 5.91 Å². The number of nitrogens with zero attached hydrogens (tertiary/aromatic N) is 1. The van der Waals surface area contributed by atoms with Gasteiger partial charge in [-0.2, -0.15) is 0 Å². The average Bonchev–Trinajstić information content (AvgIpc) is 3.18. The summed E-state index contributed by atoms with van der Waals surface area (Å²) in [6.45, 7) is 7.58. The highest BCUT2D eigenvalue weighted by molar-refractivity contribution is 5.95. The van der Waals surface area contributed by atoms with Gasteiger partial charge in [-0.05, 0) is 55.5 Å². The molecule has 1 atom stereocenters. The normalized spacial score (nSPS) is 18.4. The van der Waals surface area contributed by atoms with Crippen molar-refractivity contribution < 1.29 is 9.59 Å². The first kappa shape index (κ1) is 19.6. The summed E-state index contributed by atoms with van der Waals surface area (Å²) in [6, 6.07) is 12.3. The van der Waals surface area contributed by atoms with Crippen LogP contribution < -0.4 is 10.6 Å². The second kappa shape index (κ2) is 8.37. The van der Waals surface area contributed by atoms with Crippen molar-refractivity contribution >= 4 is 11.8 Å². The smallest absolute Gasteiger partial charge is 0.253 e. The minimum atomic E-state index is -0.144. The standard InChI is InChI=1S/C24H29N3O2/c1-16-8-17(2)10-21(9-16)24(29)27-7-3-4-20(15-27)23(28)26-12-18-5-6-19-13-25-14-22(19)11-18/h5-6,8-11,20,25H,3-4,7,12-15H2,1-2H3,(H,26,28). The Morgan fingerprint density at radius 2 is 1.83 bits per heavy atom. The molecule has 2 amide bonds. The predicted octanol–water partition coefficient (Wildman–Crippen LogP) is 3.08. The fourth-order valence-corrected chi connectivity index (χ4v) is 4.45. The molecule has 0 aromatic heterocycles. The Morgan fingerprint density at radius 3 is 2.62 bits per heavy atom. The Balaban J connectivity index is 1.36. The van der Waals surface area contributed by atoms with Crippen molar-refractivity contribution in [1.29, 1.82) is 0 Å². The number of benzene rings is 2. The zero-order valence-corrected chi connectivity index (χ0v) is 17.3. The van der Waals surface area contributed by atoms with Crippen molar-refractivity contribution in [2.24, 2.45) is 5.92 Å². The van der Waals surface area contributed by atoms with Crippen LogP contribution in [0, 0.1) is 19.8 Å². The van der Waals surface area contributed by atoms with Crippen LogP contribution in [0.1, 0.15) is 51.0 Å². The Bertz CT molecular complexity index is 917. The largest absolute Gasteiger partial charge is 0.352 e. The van der Waals surface area contributed by atoms with Gasteiger partial charge in [0.25, 0.3) is 5.91 Å². The third-order valence-electron chi connectivity index (χ3n) is 5.92. The van der Waals surface area contributed by atoms with Crippen LogP contribution >= 0.6 is 0 Å². The second-order valence-corrected chi connectivity index (χ2v) is 8.39. The molecular weight excluding hydrogens is 362 g/mol. The minimum absolute atomic E-state index is 0.0282. The van der Waals surface area contributed by atoms with Crippen molar-refractivity contribution in [1.82, 2.24) is 15.5 Å². The van der Waals surface area contributed by atoms with Gasteiger partial charge < -0.3 is 15.5 Å². The maximum absolute atomic E-state index is 12.9. The van der Waals surface area contributed by atoms with Crippen LogP contribution in [0.3, 0.4) is 0 Å². The Morgan fingerprint density at radius 1 is 1.07 bits per heavy atom. The maximum atomic E-state index is 12.9. The molecule has 1 unspecified atom stereocenters. The monoisotopic (exact) mass is 391 g/mol. The molecule has 0 saturated carbocycles. The van der Waals surface area contributed by atoms with E-state index < -0.39 is 0 Å². The molecule has 2 aliphatic rings. The first-order valence-electron chi connectivity index (χ1n) is 10.5. The minimum Gasteiger partial charge on any atom is -0.352 e. The molecule has 0 bridgehead atoms. The van der Waals surface area contributed by atoms with Gasteiger partial charge in [-0.15, -0.1) is 0 Å². The summed E-state index contributed by atoms with van der Waals surface area (Å²) in [7, 11) is 0. The van der Waals surface area contributed by atoms with E-state index in [9.17, 15) is 9.59 Å². The number of hydrogen-bond donors (Lipinski definition) is 2. The van der Waals surface area contributed by atoms with E-state index in [0.29, 0.717) is 19.6 Å². The molecule has 0 radical (unpaired) electrons. The summed E-state index contributed by atoms with van der Waals surface area (Å²) < 4.78 is 0. The molecule has 0 aliphatic carbocycles. The van der Waals surface area contributed by atoms with E-state index in [1.807, 2.05) is 30.9 Å². The highest BCUT2D eigenvalue weighted by Gasteiger charge is 2.29. The highest BCUT2D eigenvalue weighted by atomic mass is 16.2. The SMILES string of the molecule is Cc1cc(C)cc(C(=O)N2CCCC(C(=O)NCc3ccc4c(c3)CNC4)C2)c1. The average molecular weight is 392 g/mol. The first-order chi connectivity index (χ1) is 14.0. The zero-order chi connectivity index (χ0) is 20.4. The number of carbonyl (C=O) groups is 2. The molecule has 2 N–H and O–H groups in total. The molecule has 2 aliphatic heterocycles. The van der Waals surface area contributed by atoms with Crippen LogP contribution in [-0.2, 0) is 24.4 Å². The summed E-state index contributed by atoms with van der Waals surface area (Å²) in [4.78, 5) is 27.5. The Hall–Kier alpha value is -2.66. The lowest BCUT2D eigenvalue weighted by molar-refractivity contribution is -0.126. The third-order valence-corrected chi connectivity index (χ3v) is 5.92. The molecule has 4 rings (SSSR count). The fourth-order valence-electron chi connectivity index (χ4n) is 4.45. The highest BCUT2D eigenvalue weighted by Crippen LogP contribution is 2.21. The molecule has 2 heterocycles. The molecule has 152 valence electrons. The van der Waals surface area contributed by atoms with E-state index in [4.69, 9.17) is 0 Å². The number of likely N-dealkylation sites (tertiary alicyclic amines) is 1. The van der Waals surface area contributed by atoms with Crippen molar-refractivity contribution in [3.8, 4) is 0 Å². The number of carbonyl (C=O) groups excluding carboxylic acids is 2. The number of amides is 2. The molecule has 1 saturated heterocycles. The molecule has 0 spiro atoms. The molecule has 1 fully saturated rings. The van der Waals surface area contributed by atoms with Crippen LogP contribution in [0.5, 0.6) is 0 Å². The van der Waals surface area contributed by atoms with E-state index in [0.717, 1.165) is 48.2 Å². The van der Waals surface area contributed by atoms with Gasteiger partial charge in [0.05, 0.1) is 5.92 Å². The third kappa shape index (κ3) is 4.51. The van der Waals surface area contributed by atoms with Gasteiger partial charge in [-0.25, -0.2) is 0 Å². The Labute approximate surface area is 172 Å². The Kier molecular flexibility index (Phi) is 5.67. The van der Waals surface area contributed by atoms with Gasteiger partial charge in [0.1, 0.15) is 0 Å². The van der Waals surface area contributed by atoms with Crippen molar-refractivity contribution in [2.45, 2.75) is 46.3 Å². The van der Waals surface area contributed by atoms with Crippen molar-refractivity contribution in [3.63, 3.8) is 0 Å². The topological polar surface area (TPSA) is 61.4 Å². The predicted molar refractivity (Wildman–Crippen MR) is 113 cm³/mol. The van der Waals surface area contributed by atoms with Crippen LogP contribution in [0.2, 0.25) is 0 Å². The summed E-state index contributed by atoms with van der Waals surface area (Å²) in [6.07, 6.45) is 1.69. The van der Waals surface area contributed by atoms with Gasteiger partial charge in [-0.1, -0.05) is 35.4 Å². The summed E-state index contributed by atoms with van der Waals surface area (Å²) in [5, 5.41) is 6.42. The zero-order valence-electron chi connectivity index (χ0n) is 17.3.